The second kappa shape index (κ2) is 10.9. The number of hydrogen-bond acceptors (Lipinski definition) is 2. The lowest BCUT2D eigenvalue weighted by Gasteiger charge is -2.29. The zero-order valence-electron chi connectivity index (χ0n) is 15.3. The third-order valence-corrected chi connectivity index (χ3v) is 4.65. The molecule has 0 spiro atoms. The quantitative estimate of drug-likeness (QED) is 0.397. The molecule has 7 heteroatoms. The maximum Gasteiger partial charge on any atom is 0.193 e. The number of aliphatic imine (C=N–C) groups is 1. The first-order valence-electron chi connectivity index (χ1n) is 8.65. The van der Waals surface area contributed by atoms with Crippen LogP contribution >= 0.6 is 24.0 Å². The topological polar surface area (TPSA) is 30.9 Å². The van der Waals surface area contributed by atoms with Crippen LogP contribution in [0.5, 0.6) is 0 Å². The van der Waals surface area contributed by atoms with Crippen molar-refractivity contribution in [3.63, 3.8) is 0 Å². The minimum atomic E-state index is -0.409. The van der Waals surface area contributed by atoms with Gasteiger partial charge in [-0.25, -0.2) is 8.78 Å². The summed E-state index contributed by atoms with van der Waals surface area (Å²) in [5.74, 6) is 0.00893. The number of likely N-dealkylation sites (N-methyl/N-ethyl adjacent to an activating group) is 2. The summed E-state index contributed by atoms with van der Waals surface area (Å²) in [6, 6.07) is 4.12. The van der Waals surface area contributed by atoms with Gasteiger partial charge >= 0.3 is 0 Å². The lowest BCUT2D eigenvalue weighted by atomic mass is 10.1. The van der Waals surface area contributed by atoms with Gasteiger partial charge in [0.1, 0.15) is 11.6 Å². The molecule has 1 fully saturated rings. The van der Waals surface area contributed by atoms with Gasteiger partial charge in [0, 0.05) is 33.2 Å². The summed E-state index contributed by atoms with van der Waals surface area (Å²) in [4.78, 5) is 8.90. The third-order valence-electron chi connectivity index (χ3n) is 4.65. The Hall–Kier alpha value is -0.960. The zero-order valence-corrected chi connectivity index (χ0v) is 17.6. The van der Waals surface area contributed by atoms with Crippen LogP contribution in [-0.4, -0.2) is 62.1 Å². The van der Waals surface area contributed by atoms with Crippen molar-refractivity contribution in [2.75, 3.05) is 40.3 Å². The normalized spacial score (nSPS) is 18.1. The largest absolute Gasteiger partial charge is 0.356 e. The van der Waals surface area contributed by atoms with Gasteiger partial charge in [0.05, 0.1) is 0 Å². The number of halogens is 3. The highest BCUT2D eigenvalue weighted by molar-refractivity contribution is 14.0. The molecular weight excluding hydrogens is 437 g/mol. The highest BCUT2D eigenvalue weighted by atomic mass is 127. The number of benzene rings is 1. The Kier molecular flexibility index (Phi) is 9.63. The Morgan fingerprint density at radius 1 is 1.40 bits per heavy atom. The molecule has 1 aliphatic rings. The van der Waals surface area contributed by atoms with E-state index in [2.05, 4.69) is 27.0 Å². The van der Waals surface area contributed by atoms with Crippen LogP contribution in [0.2, 0.25) is 0 Å². The number of likely N-dealkylation sites (tertiary alicyclic amines) is 1. The minimum absolute atomic E-state index is 0. The fourth-order valence-electron chi connectivity index (χ4n) is 3.35. The van der Waals surface area contributed by atoms with Crippen LogP contribution in [-0.2, 0) is 6.42 Å². The fourth-order valence-corrected chi connectivity index (χ4v) is 3.35. The predicted molar refractivity (Wildman–Crippen MR) is 110 cm³/mol. The van der Waals surface area contributed by atoms with E-state index >= 15 is 0 Å². The van der Waals surface area contributed by atoms with Gasteiger partial charge in [-0.05, 0) is 56.1 Å². The van der Waals surface area contributed by atoms with Gasteiger partial charge < -0.3 is 10.2 Å². The molecule has 0 amide bonds. The van der Waals surface area contributed by atoms with Crippen molar-refractivity contribution < 1.29 is 8.78 Å². The van der Waals surface area contributed by atoms with Crippen molar-refractivity contribution >= 4 is 29.9 Å². The summed E-state index contributed by atoms with van der Waals surface area (Å²) in [7, 11) is 3.76. The van der Waals surface area contributed by atoms with Crippen LogP contribution < -0.4 is 5.32 Å². The van der Waals surface area contributed by atoms with Crippen LogP contribution in [0.4, 0.5) is 8.78 Å². The fraction of sp³-hybridized carbons (Fsp3) is 0.611. The molecule has 142 valence electrons. The predicted octanol–water partition coefficient (Wildman–Crippen LogP) is 3.12. The Morgan fingerprint density at radius 3 is 2.84 bits per heavy atom. The molecule has 0 aliphatic carbocycles. The zero-order chi connectivity index (χ0) is 17.5. The first-order valence-corrected chi connectivity index (χ1v) is 8.65. The molecule has 2 rings (SSSR count). The molecule has 1 aromatic rings. The molecule has 0 bridgehead atoms. The molecule has 1 aromatic carbocycles. The molecule has 1 heterocycles. The summed E-state index contributed by atoms with van der Waals surface area (Å²) in [5, 5.41) is 3.24. The second-order valence-corrected chi connectivity index (χ2v) is 6.26. The molecule has 1 saturated heterocycles. The first-order chi connectivity index (χ1) is 11.5. The molecule has 1 atom stereocenters. The number of hydrogen-bond donors (Lipinski definition) is 1. The maximum atomic E-state index is 13.6. The van der Waals surface area contributed by atoms with Crippen LogP contribution in [0.1, 0.15) is 25.3 Å². The van der Waals surface area contributed by atoms with Gasteiger partial charge in [-0.2, -0.15) is 0 Å². The van der Waals surface area contributed by atoms with Gasteiger partial charge in [0.15, 0.2) is 5.96 Å². The van der Waals surface area contributed by atoms with Crippen LogP contribution in [0.15, 0.2) is 23.2 Å². The molecule has 0 saturated carbocycles. The van der Waals surface area contributed by atoms with E-state index in [-0.39, 0.29) is 29.8 Å². The molecule has 1 N–H and O–H groups in total. The van der Waals surface area contributed by atoms with E-state index in [0.29, 0.717) is 24.6 Å². The standard InChI is InChI=1S/C18H28F2N4.HI/c1-4-24-11-5-6-16(24)13-23(3)18(21-2)22-10-9-14-12-15(19)7-8-17(14)20;/h7-8,12,16H,4-6,9-11,13H2,1-3H3,(H,21,22);1H. The van der Waals surface area contributed by atoms with E-state index in [1.54, 1.807) is 7.05 Å². The van der Waals surface area contributed by atoms with E-state index in [1.807, 2.05) is 7.05 Å². The van der Waals surface area contributed by atoms with Crippen molar-refractivity contribution in [3.05, 3.63) is 35.4 Å². The molecule has 0 aromatic heterocycles. The lowest BCUT2D eigenvalue weighted by Crippen LogP contribution is -2.46. The monoisotopic (exact) mass is 466 g/mol. The Morgan fingerprint density at radius 2 is 2.16 bits per heavy atom. The van der Waals surface area contributed by atoms with Gasteiger partial charge in [-0.15, -0.1) is 24.0 Å². The lowest BCUT2D eigenvalue weighted by molar-refractivity contribution is 0.233. The van der Waals surface area contributed by atoms with Gasteiger partial charge in [0.25, 0.3) is 0 Å². The van der Waals surface area contributed by atoms with Crippen LogP contribution in [0, 0.1) is 11.6 Å². The average Bonchev–Trinajstić information content (AvgIpc) is 3.01. The van der Waals surface area contributed by atoms with E-state index in [1.165, 1.54) is 31.5 Å². The Labute approximate surface area is 166 Å². The Bertz CT molecular complexity index is 568. The molecular formula is C18H29F2IN4. The molecule has 1 unspecified atom stereocenters. The SMILES string of the molecule is CCN1CCCC1CN(C)C(=NC)NCCc1cc(F)ccc1F.I. The van der Waals surface area contributed by atoms with Crippen LogP contribution in [0.25, 0.3) is 0 Å². The van der Waals surface area contributed by atoms with Crippen molar-refractivity contribution in [1.29, 1.82) is 0 Å². The van der Waals surface area contributed by atoms with Gasteiger partial charge in [0.2, 0.25) is 0 Å². The highest BCUT2D eigenvalue weighted by Gasteiger charge is 2.24. The summed E-state index contributed by atoms with van der Waals surface area (Å²) >= 11 is 0. The molecule has 25 heavy (non-hydrogen) atoms. The van der Waals surface area contributed by atoms with E-state index in [4.69, 9.17) is 0 Å². The minimum Gasteiger partial charge on any atom is -0.356 e. The average molecular weight is 466 g/mol. The maximum absolute atomic E-state index is 13.6. The Balaban J connectivity index is 0.00000312. The smallest absolute Gasteiger partial charge is 0.193 e. The van der Waals surface area contributed by atoms with Crippen molar-refractivity contribution in [1.82, 2.24) is 15.1 Å². The number of nitrogens with zero attached hydrogens (tertiary/aromatic N) is 3. The number of nitrogens with one attached hydrogen (secondary N) is 1. The molecule has 0 radical (unpaired) electrons. The first kappa shape index (κ1) is 22.1. The van der Waals surface area contributed by atoms with Gasteiger partial charge in [-0.1, -0.05) is 6.92 Å². The van der Waals surface area contributed by atoms with Crippen LogP contribution in [0.3, 0.4) is 0 Å². The second-order valence-electron chi connectivity index (χ2n) is 6.26. The van der Waals surface area contributed by atoms with Crippen molar-refractivity contribution in [2.24, 2.45) is 4.99 Å². The van der Waals surface area contributed by atoms with E-state index in [0.717, 1.165) is 25.1 Å². The van der Waals surface area contributed by atoms with E-state index in [9.17, 15) is 8.78 Å². The van der Waals surface area contributed by atoms with Gasteiger partial charge in [-0.3, -0.25) is 9.89 Å². The summed E-state index contributed by atoms with van der Waals surface area (Å²) in [6.07, 6.45) is 2.88. The summed E-state index contributed by atoms with van der Waals surface area (Å²) in [6.45, 7) is 5.86. The molecule has 4 nitrogen and oxygen atoms in total. The number of rotatable bonds is 6. The van der Waals surface area contributed by atoms with Crippen molar-refractivity contribution in [2.45, 2.75) is 32.2 Å². The number of guanidine groups is 1. The summed E-state index contributed by atoms with van der Waals surface area (Å²) < 4.78 is 26.8. The summed E-state index contributed by atoms with van der Waals surface area (Å²) in [5.41, 5.74) is 0.383. The third kappa shape index (κ3) is 6.36. The van der Waals surface area contributed by atoms with E-state index < -0.39 is 5.82 Å². The highest BCUT2D eigenvalue weighted by Crippen LogP contribution is 2.17. The van der Waals surface area contributed by atoms with Crippen molar-refractivity contribution in [3.8, 4) is 0 Å². The molecule has 1 aliphatic heterocycles.